The van der Waals surface area contributed by atoms with E-state index in [-0.39, 0.29) is 30.7 Å². The molecule has 0 aliphatic carbocycles. The summed E-state index contributed by atoms with van der Waals surface area (Å²) in [6.07, 6.45) is 3.97. The van der Waals surface area contributed by atoms with Crippen LogP contribution in [0.1, 0.15) is 36.5 Å². The van der Waals surface area contributed by atoms with Gasteiger partial charge in [-0.3, -0.25) is 4.79 Å². The first-order valence-corrected chi connectivity index (χ1v) is 7.52. The van der Waals surface area contributed by atoms with E-state index in [0.717, 1.165) is 6.54 Å². The lowest BCUT2D eigenvalue weighted by Gasteiger charge is -2.29. The number of rotatable bonds is 5. The summed E-state index contributed by atoms with van der Waals surface area (Å²) in [4.78, 5) is 14.6. The first-order chi connectivity index (χ1) is 9.66. The summed E-state index contributed by atoms with van der Waals surface area (Å²) in [6, 6.07) is 7.19. The van der Waals surface area contributed by atoms with Crippen molar-refractivity contribution in [2.24, 2.45) is 5.92 Å². The number of nitrogens with one attached hydrogen (secondary N) is 1. The Morgan fingerprint density at radius 3 is 2.50 bits per heavy atom. The number of carbonyl (C=O) groups is 1. The number of benzene rings is 1. The van der Waals surface area contributed by atoms with E-state index in [2.05, 4.69) is 17.1 Å². The van der Waals surface area contributed by atoms with Gasteiger partial charge < -0.3 is 16.0 Å². The number of nitrogens with two attached hydrogens (primary N) is 1. The van der Waals surface area contributed by atoms with Crippen molar-refractivity contribution < 1.29 is 4.79 Å². The Morgan fingerprint density at radius 2 is 1.86 bits per heavy atom. The molecular weight excluding hydrogens is 321 g/mol. The molecule has 1 saturated heterocycles. The minimum absolute atomic E-state index is 0. The molecule has 1 aromatic rings. The molecule has 0 aromatic heterocycles. The molecule has 6 heteroatoms. The molecule has 1 fully saturated rings. The molecule has 22 heavy (non-hydrogen) atoms. The van der Waals surface area contributed by atoms with Crippen LogP contribution in [0.15, 0.2) is 24.3 Å². The van der Waals surface area contributed by atoms with Crippen LogP contribution < -0.4 is 11.1 Å². The van der Waals surface area contributed by atoms with Crippen LogP contribution in [-0.2, 0) is 0 Å². The third kappa shape index (κ3) is 6.42. The summed E-state index contributed by atoms with van der Waals surface area (Å²) in [6.45, 7) is 6.34. The summed E-state index contributed by atoms with van der Waals surface area (Å²) in [7, 11) is 0. The van der Waals surface area contributed by atoms with Gasteiger partial charge in [0.15, 0.2) is 0 Å². The van der Waals surface area contributed by atoms with Gasteiger partial charge in [-0.15, -0.1) is 24.8 Å². The van der Waals surface area contributed by atoms with Crippen LogP contribution in [0, 0.1) is 5.92 Å². The molecule has 0 spiro atoms. The maximum absolute atomic E-state index is 12.1. The van der Waals surface area contributed by atoms with Crippen molar-refractivity contribution in [3.8, 4) is 0 Å². The van der Waals surface area contributed by atoms with E-state index >= 15 is 0 Å². The number of nitrogens with zero attached hydrogens (tertiary/aromatic N) is 1. The SMILES string of the molecule is CC(CNC(=O)c1ccccc1N)CN1CCCCC1.Cl.Cl. The van der Waals surface area contributed by atoms with Crippen molar-refractivity contribution in [3.05, 3.63) is 29.8 Å². The highest BCUT2D eigenvalue weighted by Crippen LogP contribution is 2.12. The van der Waals surface area contributed by atoms with Gasteiger partial charge in [-0.05, 0) is 44.0 Å². The van der Waals surface area contributed by atoms with Crippen LogP contribution in [0.4, 0.5) is 5.69 Å². The van der Waals surface area contributed by atoms with Gasteiger partial charge in [0.2, 0.25) is 0 Å². The molecule has 0 bridgehead atoms. The highest BCUT2D eigenvalue weighted by molar-refractivity contribution is 5.99. The maximum Gasteiger partial charge on any atom is 0.253 e. The van der Waals surface area contributed by atoms with Gasteiger partial charge in [0.05, 0.1) is 5.56 Å². The molecule has 1 aliphatic heterocycles. The smallest absolute Gasteiger partial charge is 0.253 e. The van der Waals surface area contributed by atoms with Gasteiger partial charge in [0.1, 0.15) is 0 Å². The Balaban J connectivity index is 0.00000220. The number of hydrogen-bond donors (Lipinski definition) is 2. The van der Waals surface area contributed by atoms with Crippen molar-refractivity contribution in [1.29, 1.82) is 0 Å². The predicted octanol–water partition coefficient (Wildman–Crippen LogP) is 2.96. The van der Waals surface area contributed by atoms with Gasteiger partial charge in [0.25, 0.3) is 5.91 Å². The fourth-order valence-electron chi connectivity index (χ4n) is 2.71. The number of nitrogen functional groups attached to an aromatic ring is 1. The van der Waals surface area contributed by atoms with Gasteiger partial charge >= 0.3 is 0 Å². The maximum atomic E-state index is 12.1. The summed E-state index contributed by atoms with van der Waals surface area (Å²) >= 11 is 0. The van der Waals surface area contributed by atoms with Crippen LogP contribution >= 0.6 is 24.8 Å². The van der Waals surface area contributed by atoms with Crippen molar-refractivity contribution in [1.82, 2.24) is 10.2 Å². The molecule has 1 heterocycles. The Kier molecular flexibility index (Phi) is 10.2. The topological polar surface area (TPSA) is 58.4 Å². The molecular formula is C16H27Cl2N3O. The number of halogens is 2. The highest BCUT2D eigenvalue weighted by atomic mass is 35.5. The van der Waals surface area contributed by atoms with E-state index in [4.69, 9.17) is 5.73 Å². The molecule has 1 amide bonds. The van der Waals surface area contributed by atoms with E-state index < -0.39 is 0 Å². The van der Waals surface area contributed by atoms with Crippen LogP contribution in [0.3, 0.4) is 0 Å². The molecule has 0 radical (unpaired) electrons. The predicted molar refractivity (Wildman–Crippen MR) is 97.1 cm³/mol. The number of hydrogen-bond acceptors (Lipinski definition) is 3. The molecule has 1 unspecified atom stereocenters. The molecule has 2 rings (SSSR count). The van der Waals surface area contributed by atoms with E-state index in [1.807, 2.05) is 12.1 Å². The van der Waals surface area contributed by atoms with Crippen LogP contribution in [0.5, 0.6) is 0 Å². The lowest BCUT2D eigenvalue weighted by Crippen LogP contribution is -2.38. The van der Waals surface area contributed by atoms with Gasteiger partial charge in [-0.2, -0.15) is 0 Å². The van der Waals surface area contributed by atoms with Gasteiger partial charge in [-0.25, -0.2) is 0 Å². The third-order valence-electron chi connectivity index (χ3n) is 3.84. The zero-order valence-corrected chi connectivity index (χ0v) is 14.7. The molecule has 4 nitrogen and oxygen atoms in total. The van der Waals surface area contributed by atoms with Crippen molar-refractivity contribution in [3.63, 3.8) is 0 Å². The largest absolute Gasteiger partial charge is 0.398 e. The third-order valence-corrected chi connectivity index (χ3v) is 3.84. The quantitative estimate of drug-likeness (QED) is 0.805. The fraction of sp³-hybridized carbons (Fsp3) is 0.562. The lowest BCUT2D eigenvalue weighted by atomic mass is 10.1. The van der Waals surface area contributed by atoms with E-state index in [9.17, 15) is 4.79 Å². The Hall–Kier alpha value is -0.970. The minimum Gasteiger partial charge on any atom is -0.398 e. The normalized spacial score (nSPS) is 16.0. The summed E-state index contributed by atoms with van der Waals surface area (Å²) < 4.78 is 0. The molecule has 126 valence electrons. The Bertz CT molecular complexity index is 451. The second kappa shape index (κ2) is 10.7. The van der Waals surface area contributed by atoms with Crippen LogP contribution in [-0.4, -0.2) is 37.0 Å². The first-order valence-electron chi connectivity index (χ1n) is 7.52. The molecule has 1 aromatic carbocycles. The number of amides is 1. The second-order valence-corrected chi connectivity index (χ2v) is 5.76. The van der Waals surface area contributed by atoms with E-state index in [1.165, 1.54) is 32.4 Å². The molecule has 3 N–H and O–H groups in total. The van der Waals surface area contributed by atoms with Gasteiger partial charge in [0, 0.05) is 18.8 Å². The number of para-hydroxylation sites is 1. The van der Waals surface area contributed by atoms with Crippen molar-refractivity contribution >= 4 is 36.4 Å². The molecule has 1 atom stereocenters. The van der Waals surface area contributed by atoms with E-state index in [1.54, 1.807) is 12.1 Å². The standard InChI is InChI=1S/C16H25N3O.2ClH/c1-13(12-19-9-5-2-6-10-19)11-18-16(20)14-7-3-4-8-15(14)17;;/h3-4,7-8,13H,2,5-6,9-12,17H2,1H3,(H,18,20);2*1H. The monoisotopic (exact) mass is 347 g/mol. The zero-order chi connectivity index (χ0) is 14.4. The van der Waals surface area contributed by atoms with Crippen molar-refractivity contribution in [2.45, 2.75) is 26.2 Å². The molecule has 0 saturated carbocycles. The summed E-state index contributed by atoms with van der Waals surface area (Å²) in [5.74, 6) is 0.385. The fourth-order valence-corrected chi connectivity index (χ4v) is 2.71. The van der Waals surface area contributed by atoms with Crippen molar-refractivity contribution in [2.75, 3.05) is 31.9 Å². The zero-order valence-electron chi connectivity index (χ0n) is 13.1. The molecule has 1 aliphatic rings. The number of piperidine rings is 1. The van der Waals surface area contributed by atoms with Crippen LogP contribution in [0.25, 0.3) is 0 Å². The highest BCUT2D eigenvalue weighted by Gasteiger charge is 2.15. The average Bonchev–Trinajstić information content (AvgIpc) is 2.46. The Morgan fingerprint density at radius 1 is 1.23 bits per heavy atom. The average molecular weight is 348 g/mol. The summed E-state index contributed by atoms with van der Waals surface area (Å²) in [5, 5.41) is 2.98. The van der Waals surface area contributed by atoms with Crippen LogP contribution in [0.2, 0.25) is 0 Å². The number of carbonyl (C=O) groups excluding carboxylic acids is 1. The number of likely N-dealkylation sites (tertiary alicyclic amines) is 1. The van der Waals surface area contributed by atoms with Gasteiger partial charge in [-0.1, -0.05) is 25.5 Å². The second-order valence-electron chi connectivity index (χ2n) is 5.76. The van der Waals surface area contributed by atoms with E-state index in [0.29, 0.717) is 23.7 Å². The lowest BCUT2D eigenvalue weighted by molar-refractivity contribution is 0.0943. The summed E-state index contributed by atoms with van der Waals surface area (Å²) in [5.41, 5.74) is 6.91. The number of anilines is 1. The first kappa shape index (κ1) is 21.0. The Labute approximate surface area is 145 Å². The minimum atomic E-state index is -0.0754.